The Morgan fingerprint density at radius 3 is 2.44 bits per heavy atom. The molecule has 4 rings (SSSR count). The molecule has 32 heavy (non-hydrogen) atoms. The van der Waals surface area contributed by atoms with Crippen LogP contribution in [0, 0.1) is 24.7 Å². The summed E-state index contributed by atoms with van der Waals surface area (Å²) in [6.45, 7) is 3.72. The van der Waals surface area contributed by atoms with Crippen LogP contribution in [-0.4, -0.2) is 71.8 Å². The minimum Gasteiger partial charge on any atom is -0.483 e. The third-order valence-corrected chi connectivity index (χ3v) is 7.23. The highest BCUT2D eigenvalue weighted by Crippen LogP contribution is 2.39. The maximum absolute atomic E-state index is 13.1. The number of hydrogen-bond donors (Lipinski definition) is 2. The zero-order chi connectivity index (χ0) is 23.3. The molecule has 2 saturated heterocycles. The fourth-order valence-electron chi connectivity index (χ4n) is 5.33. The van der Waals surface area contributed by atoms with Crippen LogP contribution in [0.5, 0.6) is 0 Å². The molecule has 0 unspecified atom stereocenters. The van der Waals surface area contributed by atoms with Crippen LogP contribution in [0.3, 0.4) is 0 Å². The van der Waals surface area contributed by atoms with Gasteiger partial charge in [0.25, 0.3) is 12.4 Å². The number of carboxylic acid groups (broad SMARTS) is 1. The topological polar surface area (TPSA) is 107 Å². The number of nitrogens with one attached hydrogen (secondary N) is 1. The number of carbonyl (C=O) groups excluding carboxylic acids is 3. The average Bonchev–Trinajstić information content (AvgIpc) is 3.22. The van der Waals surface area contributed by atoms with E-state index in [0.717, 1.165) is 43.4 Å². The fourth-order valence-corrected chi connectivity index (χ4v) is 5.33. The molecule has 0 aromatic heterocycles. The molecule has 1 aromatic rings. The summed E-state index contributed by atoms with van der Waals surface area (Å²) in [4.78, 5) is 49.7. The van der Waals surface area contributed by atoms with Gasteiger partial charge in [0, 0.05) is 50.6 Å². The van der Waals surface area contributed by atoms with E-state index in [9.17, 15) is 14.4 Å². The number of carbonyl (C=O) groups is 4. The number of piperidine rings is 2. The predicted octanol–water partition coefficient (Wildman–Crippen LogP) is 1.92. The van der Waals surface area contributed by atoms with E-state index in [4.69, 9.17) is 9.90 Å². The van der Waals surface area contributed by atoms with Gasteiger partial charge < -0.3 is 20.2 Å². The molecular weight excluding hydrogens is 410 g/mol. The van der Waals surface area contributed by atoms with Crippen LogP contribution in [0.4, 0.5) is 0 Å². The molecule has 8 nitrogen and oxygen atoms in total. The van der Waals surface area contributed by atoms with Gasteiger partial charge in [-0.1, -0.05) is 18.2 Å². The zero-order valence-electron chi connectivity index (χ0n) is 18.8. The molecule has 3 atom stereocenters. The monoisotopic (exact) mass is 443 g/mol. The van der Waals surface area contributed by atoms with Crippen molar-refractivity contribution in [1.82, 2.24) is 15.1 Å². The van der Waals surface area contributed by atoms with Crippen molar-refractivity contribution in [2.75, 3.05) is 26.7 Å². The van der Waals surface area contributed by atoms with E-state index >= 15 is 0 Å². The minimum absolute atomic E-state index is 0.0108. The molecular formula is C24H33N3O5. The predicted molar refractivity (Wildman–Crippen MR) is 119 cm³/mol. The molecule has 1 saturated carbocycles. The number of nitrogens with zero attached hydrogens (tertiary/aromatic N) is 2. The van der Waals surface area contributed by atoms with E-state index in [0.29, 0.717) is 31.3 Å². The van der Waals surface area contributed by atoms with Crippen molar-refractivity contribution in [1.29, 1.82) is 0 Å². The lowest BCUT2D eigenvalue weighted by molar-refractivity contribution is -0.137. The van der Waals surface area contributed by atoms with Gasteiger partial charge in [-0.05, 0) is 56.1 Å². The Morgan fingerprint density at radius 2 is 1.78 bits per heavy atom. The molecule has 0 radical (unpaired) electrons. The number of hydrogen-bond acceptors (Lipinski definition) is 4. The van der Waals surface area contributed by atoms with Crippen LogP contribution in [0.1, 0.15) is 48.0 Å². The standard InChI is InChI=1S/C23H31N3O3.CH2O2/c1-15-5-3-4-6-20(15)23(29)26-9-7-16(8-10-26)22(28)25(2)19-11-17-13-21(27)24-14-18(17)12-19;2-1-3/h3-6,16-19H,7-14H2,1-2H3,(H,24,27);1H,(H,2,3)/t17-,18+,19-;/m0./s1. The number of fused-ring (bicyclic) bond motifs is 1. The molecule has 0 spiro atoms. The number of benzene rings is 1. The highest BCUT2D eigenvalue weighted by molar-refractivity contribution is 5.95. The summed E-state index contributed by atoms with van der Waals surface area (Å²) in [6.07, 6.45) is 3.96. The lowest BCUT2D eigenvalue weighted by Crippen LogP contribution is -2.45. The van der Waals surface area contributed by atoms with Crippen molar-refractivity contribution in [3.05, 3.63) is 35.4 Å². The number of amides is 3. The molecule has 1 aliphatic carbocycles. The van der Waals surface area contributed by atoms with Crippen LogP contribution < -0.4 is 5.32 Å². The highest BCUT2D eigenvalue weighted by atomic mass is 16.3. The summed E-state index contributed by atoms with van der Waals surface area (Å²) in [5.41, 5.74) is 1.75. The van der Waals surface area contributed by atoms with Gasteiger partial charge in [0.1, 0.15) is 0 Å². The van der Waals surface area contributed by atoms with Gasteiger partial charge >= 0.3 is 0 Å². The summed E-state index contributed by atoms with van der Waals surface area (Å²) in [5, 5.41) is 9.85. The molecule has 8 heteroatoms. The van der Waals surface area contributed by atoms with Crippen LogP contribution in [0.25, 0.3) is 0 Å². The lowest BCUT2D eigenvalue weighted by Gasteiger charge is -2.35. The largest absolute Gasteiger partial charge is 0.483 e. The van der Waals surface area contributed by atoms with Gasteiger partial charge in [0.05, 0.1) is 0 Å². The Labute approximate surface area is 188 Å². The van der Waals surface area contributed by atoms with E-state index in [1.807, 2.05) is 48.0 Å². The molecule has 2 N–H and O–H groups in total. The van der Waals surface area contributed by atoms with Crippen molar-refractivity contribution >= 4 is 24.2 Å². The fraction of sp³-hybridized carbons (Fsp3) is 0.583. The van der Waals surface area contributed by atoms with Crippen LogP contribution in [0.15, 0.2) is 24.3 Å². The van der Waals surface area contributed by atoms with Gasteiger partial charge in [-0.3, -0.25) is 19.2 Å². The quantitative estimate of drug-likeness (QED) is 0.694. The van der Waals surface area contributed by atoms with Crippen LogP contribution >= 0.6 is 0 Å². The average molecular weight is 444 g/mol. The minimum atomic E-state index is -0.250. The second kappa shape index (κ2) is 10.6. The first-order chi connectivity index (χ1) is 15.3. The number of likely N-dealkylation sites (tertiary alicyclic amines) is 1. The van der Waals surface area contributed by atoms with Crippen molar-refractivity contribution in [2.45, 2.75) is 45.1 Å². The SMILES string of the molecule is Cc1ccccc1C(=O)N1CCC(C(=O)N(C)[C@H]2C[C@H]3CC(=O)NC[C@H]3C2)CC1.O=CO. The molecule has 1 aromatic carbocycles. The summed E-state index contributed by atoms with van der Waals surface area (Å²) in [6, 6.07) is 7.91. The smallest absolute Gasteiger partial charge is 0.290 e. The highest BCUT2D eigenvalue weighted by Gasteiger charge is 2.42. The van der Waals surface area contributed by atoms with Gasteiger partial charge in [-0.25, -0.2) is 0 Å². The Morgan fingerprint density at radius 1 is 1.16 bits per heavy atom. The summed E-state index contributed by atoms with van der Waals surface area (Å²) in [7, 11) is 1.92. The maximum Gasteiger partial charge on any atom is 0.290 e. The van der Waals surface area contributed by atoms with Gasteiger partial charge in [-0.2, -0.15) is 0 Å². The van der Waals surface area contributed by atoms with Crippen molar-refractivity contribution in [3.8, 4) is 0 Å². The summed E-state index contributed by atoms with van der Waals surface area (Å²) in [5.74, 6) is 1.32. The lowest BCUT2D eigenvalue weighted by atomic mass is 9.89. The first-order valence-corrected chi connectivity index (χ1v) is 11.3. The normalized spacial score (nSPS) is 25.1. The third-order valence-electron chi connectivity index (χ3n) is 7.23. The second-order valence-electron chi connectivity index (χ2n) is 9.09. The maximum atomic E-state index is 13.1. The Hall–Kier alpha value is -2.90. The second-order valence-corrected chi connectivity index (χ2v) is 9.09. The van der Waals surface area contributed by atoms with Crippen LogP contribution in [0.2, 0.25) is 0 Å². The van der Waals surface area contributed by atoms with Gasteiger partial charge in [0.15, 0.2) is 0 Å². The Bertz CT molecular complexity index is 850. The molecule has 174 valence electrons. The molecule has 2 aliphatic heterocycles. The first-order valence-electron chi connectivity index (χ1n) is 11.3. The zero-order valence-corrected chi connectivity index (χ0v) is 18.8. The third kappa shape index (κ3) is 5.29. The first kappa shape index (κ1) is 23.8. The molecule has 3 fully saturated rings. The van der Waals surface area contributed by atoms with E-state index in [1.165, 1.54) is 0 Å². The summed E-state index contributed by atoms with van der Waals surface area (Å²) < 4.78 is 0. The van der Waals surface area contributed by atoms with E-state index in [1.54, 1.807) is 0 Å². The van der Waals surface area contributed by atoms with Crippen molar-refractivity contribution in [2.24, 2.45) is 17.8 Å². The van der Waals surface area contributed by atoms with Crippen molar-refractivity contribution in [3.63, 3.8) is 0 Å². The van der Waals surface area contributed by atoms with Gasteiger partial charge in [0.2, 0.25) is 11.8 Å². The summed E-state index contributed by atoms with van der Waals surface area (Å²) >= 11 is 0. The van der Waals surface area contributed by atoms with Crippen LogP contribution in [-0.2, 0) is 14.4 Å². The number of aryl methyl sites for hydroxylation is 1. The molecule has 0 bridgehead atoms. The van der Waals surface area contributed by atoms with Gasteiger partial charge in [-0.15, -0.1) is 0 Å². The van der Waals surface area contributed by atoms with Crippen molar-refractivity contribution < 1.29 is 24.3 Å². The van der Waals surface area contributed by atoms with E-state index in [-0.39, 0.29) is 36.2 Å². The Balaban J connectivity index is 0.000000913. The Kier molecular flexibility index (Phi) is 7.88. The molecule has 3 aliphatic rings. The van der Waals surface area contributed by atoms with E-state index in [2.05, 4.69) is 5.32 Å². The number of rotatable bonds is 3. The molecule has 2 heterocycles. The van der Waals surface area contributed by atoms with E-state index < -0.39 is 0 Å². The molecule has 3 amide bonds.